The van der Waals surface area contributed by atoms with Crippen molar-refractivity contribution in [3.63, 3.8) is 0 Å². The van der Waals surface area contributed by atoms with E-state index in [1.54, 1.807) is 11.8 Å². The lowest BCUT2D eigenvalue weighted by atomic mass is 9.80. The van der Waals surface area contributed by atoms with Gasteiger partial charge in [-0.1, -0.05) is 0 Å². The third-order valence-corrected chi connectivity index (χ3v) is 3.64. The Morgan fingerprint density at radius 3 is 2.58 bits per heavy atom. The molecule has 0 atom stereocenters. The van der Waals surface area contributed by atoms with Crippen molar-refractivity contribution in [3.8, 4) is 0 Å². The molecule has 2 heterocycles. The van der Waals surface area contributed by atoms with Crippen molar-refractivity contribution in [1.82, 2.24) is 9.88 Å². The molecule has 0 aromatic carbocycles. The van der Waals surface area contributed by atoms with Gasteiger partial charge < -0.3 is 10.0 Å². The second-order valence-electron chi connectivity index (χ2n) is 5.03. The molecule has 0 spiro atoms. The zero-order chi connectivity index (χ0) is 14.0. The summed E-state index contributed by atoms with van der Waals surface area (Å²) in [4.78, 5) is 28.2. The summed E-state index contributed by atoms with van der Waals surface area (Å²) >= 11 is 0. The van der Waals surface area contributed by atoms with Crippen LogP contribution in [-0.2, 0) is 4.79 Å². The summed E-state index contributed by atoms with van der Waals surface area (Å²) in [5.74, 6) is -1.82. The number of carboxylic acid groups (broad SMARTS) is 1. The van der Waals surface area contributed by atoms with E-state index in [4.69, 9.17) is 5.11 Å². The molecule has 0 saturated carbocycles. The van der Waals surface area contributed by atoms with Crippen LogP contribution < -0.4 is 0 Å². The number of piperidine rings is 1. The Labute approximate surface area is 110 Å². The quantitative estimate of drug-likeness (QED) is 0.824. The highest BCUT2D eigenvalue weighted by atomic mass is 19.1. The van der Waals surface area contributed by atoms with Crippen LogP contribution in [0.2, 0.25) is 0 Å². The lowest BCUT2D eigenvalue weighted by Crippen LogP contribution is -2.45. The van der Waals surface area contributed by atoms with Crippen LogP contribution in [0.4, 0.5) is 4.39 Å². The first kappa shape index (κ1) is 13.5. The van der Waals surface area contributed by atoms with E-state index in [0.717, 1.165) is 6.07 Å². The van der Waals surface area contributed by atoms with Crippen LogP contribution >= 0.6 is 0 Å². The lowest BCUT2D eigenvalue weighted by molar-refractivity contribution is -0.150. The molecule has 0 radical (unpaired) electrons. The van der Waals surface area contributed by atoms with Gasteiger partial charge in [-0.25, -0.2) is 4.98 Å². The van der Waals surface area contributed by atoms with Gasteiger partial charge in [-0.2, -0.15) is 4.39 Å². The van der Waals surface area contributed by atoms with Crippen molar-refractivity contribution >= 4 is 11.9 Å². The third-order valence-electron chi connectivity index (χ3n) is 3.64. The smallest absolute Gasteiger partial charge is 0.309 e. The van der Waals surface area contributed by atoms with Crippen LogP contribution in [0.3, 0.4) is 0 Å². The molecule has 1 aliphatic heterocycles. The van der Waals surface area contributed by atoms with E-state index in [1.807, 2.05) is 0 Å². The van der Waals surface area contributed by atoms with Crippen LogP contribution in [0, 0.1) is 11.4 Å². The van der Waals surface area contributed by atoms with Crippen LogP contribution in [0.1, 0.15) is 30.1 Å². The van der Waals surface area contributed by atoms with Gasteiger partial charge in [0.25, 0.3) is 5.91 Å². The molecule has 0 bridgehead atoms. The van der Waals surface area contributed by atoms with E-state index >= 15 is 0 Å². The molecule has 1 aromatic rings. The van der Waals surface area contributed by atoms with Gasteiger partial charge in [0, 0.05) is 30.9 Å². The zero-order valence-electron chi connectivity index (χ0n) is 10.6. The van der Waals surface area contributed by atoms with Gasteiger partial charge in [0.05, 0.1) is 5.41 Å². The highest BCUT2D eigenvalue weighted by Crippen LogP contribution is 2.31. The largest absolute Gasteiger partial charge is 0.481 e. The molecule has 2 rings (SSSR count). The zero-order valence-corrected chi connectivity index (χ0v) is 10.6. The van der Waals surface area contributed by atoms with Crippen molar-refractivity contribution in [2.45, 2.75) is 19.8 Å². The van der Waals surface area contributed by atoms with E-state index in [9.17, 15) is 14.0 Å². The number of aromatic nitrogens is 1. The topological polar surface area (TPSA) is 70.5 Å². The normalized spacial score (nSPS) is 18.1. The molecule has 5 nitrogen and oxygen atoms in total. The molecule has 1 aliphatic rings. The fraction of sp³-hybridized carbons (Fsp3) is 0.462. The van der Waals surface area contributed by atoms with Crippen LogP contribution in [-0.4, -0.2) is 40.0 Å². The molecule has 0 unspecified atom stereocenters. The molecule has 1 amide bonds. The molecule has 6 heteroatoms. The van der Waals surface area contributed by atoms with E-state index in [1.165, 1.54) is 12.3 Å². The van der Waals surface area contributed by atoms with Crippen molar-refractivity contribution in [1.29, 1.82) is 0 Å². The molecule has 1 N–H and O–H groups in total. The first-order chi connectivity index (χ1) is 8.92. The third kappa shape index (κ3) is 2.72. The fourth-order valence-electron chi connectivity index (χ4n) is 2.14. The maximum absolute atomic E-state index is 13.0. The summed E-state index contributed by atoms with van der Waals surface area (Å²) in [5.41, 5.74) is -0.535. The van der Waals surface area contributed by atoms with Gasteiger partial charge >= 0.3 is 5.97 Å². The minimum atomic E-state index is -0.838. The number of pyridine rings is 1. The number of carbonyl (C=O) groups excluding carboxylic acids is 1. The van der Waals surface area contributed by atoms with E-state index in [2.05, 4.69) is 4.98 Å². The van der Waals surface area contributed by atoms with Crippen molar-refractivity contribution < 1.29 is 19.1 Å². The van der Waals surface area contributed by atoms with Crippen molar-refractivity contribution in [2.24, 2.45) is 5.41 Å². The number of hydrogen-bond acceptors (Lipinski definition) is 3. The molecule has 1 aromatic heterocycles. The first-order valence-electron chi connectivity index (χ1n) is 6.07. The monoisotopic (exact) mass is 266 g/mol. The molecule has 102 valence electrons. The Morgan fingerprint density at radius 1 is 1.42 bits per heavy atom. The second kappa shape index (κ2) is 4.95. The summed E-state index contributed by atoms with van der Waals surface area (Å²) in [6.07, 6.45) is 2.05. The van der Waals surface area contributed by atoms with Crippen LogP contribution in [0.25, 0.3) is 0 Å². The highest BCUT2D eigenvalue weighted by Gasteiger charge is 2.38. The Balaban J connectivity index is 2.06. The number of hydrogen-bond donors (Lipinski definition) is 1. The lowest BCUT2D eigenvalue weighted by Gasteiger charge is -2.36. The van der Waals surface area contributed by atoms with Crippen LogP contribution in [0.5, 0.6) is 0 Å². The molecule has 1 saturated heterocycles. The van der Waals surface area contributed by atoms with Crippen LogP contribution in [0.15, 0.2) is 18.3 Å². The molecule has 19 heavy (non-hydrogen) atoms. The average molecular weight is 266 g/mol. The van der Waals surface area contributed by atoms with E-state index in [-0.39, 0.29) is 11.5 Å². The summed E-state index contributed by atoms with van der Waals surface area (Å²) in [7, 11) is 0. The molecular weight excluding hydrogens is 251 g/mol. The summed E-state index contributed by atoms with van der Waals surface area (Å²) in [6, 6.07) is 2.55. The summed E-state index contributed by atoms with van der Waals surface area (Å²) in [6.45, 7) is 2.42. The Bertz CT molecular complexity index is 510. The van der Waals surface area contributed by atoms with Gasteiger partial charge in [-0.05, 0) is 25.8 Å². The van der Waals surface area contributed by atoms with Gasteiger partial charge in [0.1, 0.15) is 0 Å². The molecular formula is C13H15FN2O3. The SMILES string of the molecule is CC1(C(=O)O)CCN(C(=O)c2ccnc(F)c2)CC1. The number of carbonyl (C=O) groups is 2. The highest BCUT2D eigenvalue weighted by molar-refractivity contribution is 5.94. The Kier molecular flexibility index (Phi) is 3.50. The number of carboxylic acids is 1. The minimum Gasteiger partial charge on any atom is -0.481 e. The van der Waals surface area contributed by atoms with Gasteiger partial charge in [-0.15, -0.1) is 0 Å². The molecule has 1 fully saturated rings. The number of likely N-dealkylation sites (tertiary alicyclic amines) is 1. The van der Waals surface area contributed by atoms with Crippen molar-refractivity contribution in [3.05, 3.63) is 29.8 Å². The van der Waals surface area contributed by atoms with E-state index < -0.39 is 17.3 Å². The van der Waals surface area contributed by atoms with Gasteiger partial charge in [-0.3, -0.25) is 9.59 Å². The van der Waals surface area contributed by atoms with Gasteiger partial charge in [0.2, 0.25) is 5.95 Å². The fourth-order valence-corrected chi connectivity index (χ4v) is 2.14. The number of amides is 1. The Morgan fingerprint density at radius 2 is 2.05 bits per heavy atom. The molecule has 0 aliphatic carbocycles. The number of rotatable bonds is 2. The summed E-state index contributed by atoms with van der Waals surface area (Å²) in [5, 5.41) is 9.11. The van der Waals surface area contributed by atoms with Gasteiger partial charge in [0.15, 0.2) is 0 Å². The Hall–Kier alpha value is -1.98. The number of halogens is 1. The minimum absolute atomic E-state index is 0.242. The standard InChI is InChI=1S/C13H15FN2O3/c1-13(12(18)19)3-6-16(7-4-13)11(17)9-2-5-15-10(14)8-9/h2,5,8H,3-4,6-7H2,1H3,(H,18,19). The first-order valence-corrected chi connectivity index (χ1v) is 6.07. The maximum atomic E-state index is 13.0. The summed E-state index contributed by atoms with van der Waals surface area (Å²) < 4.78 is 13.0. The average Bonchev–Trinajstić information content (AvgIpc) is 2.38. The predicted octanol–water partition coefficient (Wildman–Crippen LogP) is 1.55. The maximum Gasteiger partial charge on any atom is 0.309 e. The predicted molar refractivity (Wildman–Crippen MR) is 65.1 cm³/mol. The number of nitrogens with zero attached hydrogens (tertiary/aromatic N) is 2. The van der Waals surface area contributed by atoms with E-state index in [0.29, 0.717) is 25.9 Å². The van der Waals surface area contributed by atoms with Crippen molar-refractivity contribution in [2.75, 3.05) is 13.1 Å². The number of aliphatic carboxylic acids is 1. The second-order valence-corrected chi connectivity index (χ2v) is 5.03.